The van der Waals surface area contributed by atoms with Crippen molar-refractivity contribution in [2.24, 2.45) is 5.92 Å². The number of carbonyl (C=O) groups is 4. The van der Waals surface area contributed by atoms with Crippen molar-refractivity contribution in [3.05, 3.63) is 46.6 Å². The number of pyridine rings is 1. The van der Waals surface area contributed by atoms with E-state index in [2.05, 4.69) is 15.4 Å². The summed E-state index contributed by atoms with van der Waals surface area (Å²) in [6, 6.07) is 3.41. The van der Waals surface area contributed by atoms with E-state index in [0.717, 1.165) is 29.3 Å². The zero-order chi connectivity index (χ0) is 39.1. The molecule has 3 aliphatic heterocycles. The fourth-order valence-corrected chi connectivity index (χ4v) is 9.09. The van der Waals surface area contributed by atoms with Crippen LogP contribution in [0.4, 0.5) is 4.79 Å². The van der Waals surface area contributed by atoms with Crippen LogP contribution in [0.1, 0.15) is 103 Å². The third-order valence-electron chi connectivity index (χ3n) is 11.2. The molecule has 1 aliphatic carbocycles. The smallest absolute Gasteiger partial charge is 0.407 e. The SMILES string of the molecule is Cc1nc2ccc(Cl)cc2c2c1O[C@]1(CC2)C[C@H]2C(=O)N[C@@](C)(C(=O)NS(=O)(=O)C3(C)CC3)C/C=C\CCCCC[C@H](NC(=O)OCC(C)C)C(=O)N2C1. The molecular weight excluding hydrogens is 734 g/mol. The van der Waals surface area contributed by atoms with E-state index in [1.54, 1.807) is 19.1 Å². The molecular formula is C39H52ClN5O8S. The summed E-state index contributed by atoms with van der Waals surface area (Å²) in [5.74, 6) is -1.29. The molecule has 0 unspecified atom stereocenters. The Balaban J connectivity index is 1.35. The topological polar surface area (TPSA) is 173 Å². The van der Waals surface area contributed by atoms with Gasteiger partial charge in [-0.05, 0) is 96.3 Å². The molecule has 1 aromatic heterocycles. The number of sulfonamides is 1. The molecule has 1 saturated heterocycles. The van der Waals surface area contributed by atoms with Gasteiger partial charge in [-0.2, -0.15) is 0 Å². The van der Waals surface area contributed by atoms with Gasteiger partial charge in [0, 0.05) is 22.4 Å². The zero-order valence-electron chi connectivity index (χ0n) is 31.8. The minimum Gasteiger partial charge on any atom is -0.483 e. The van der Waals surface area contributed by atoms with Gasteiger partial charge >= 0.3 is 6.09 Å². The van der Waals surface area contributed by atoms with E-state index >= 15 is 0 Å². The van der Waals surface area contributed by atoms with Crippen LogP contribution in [0.5, 0.6) is 5.75 Å². The van der Waals surface area contributed by atoms with E-state index in [0.29, 0.717) is 61.4 Å². The number of benzene rings is 1. The van der Waals surface area contributed by atoms with Crippen molar-refractivity contribution in [3.8, 4) is 5.75 Å². The number of halogens is 1. The molecule has 4 atom stereocenters. The maximum Gasteiger partial charge on any atom is 0.407 e. The Morgan fingerprint density at radius 3 is 2.61 bits per heavy atom. The van der Waals surface area contributed by atoms with E-state index in [-0.39, 0.29) is 31.9 Å². The first-order valence-electron chi connectivity index (χ1n) is 19.0. The van der Waals surface area contributed by atoms with E-state index in [9.17, 15) is 27.6 Å². The maximum absolute atomic E-state index is 14.7. The molecule has 294 valence electrons. The lowest BCUT2D eigenvalue weighted by molar-refractivity contribution is -0.142. The molecule has 6 rings (SSSR count). The van der Waals surface area contributed by atoms with Crippen LogP contribution in [0.3, 0.4) is 0 Å². The third kappa shape index (κ3) is 8.34. The van der Waals surface area contributed by atoms with Crippen molar-refractivity contribution in [1.29, 1.82) is 0 Å². The number of rotatable bonds is 6. The van der Waals surface area contributed by atoms with Gasteiger partial charge < -0.3 is 25.0 Å². The van der Waals surface area contributed by atoms with Crippen LogP contribution in [-0.2, 0) is 35.6 Å². The van der Waals surface area contributed by atoms with Crippen molar-refractivity contribution in [2.75, 3.05) is 13.2 Å². The van der Waals surface area contributed by atoms with Crippen LogP contribution in [0.25, 0.3) is 10.9 Å². The average Bonchev–Trinajstić information content (AvgIpc) is 3.78. The molecule has 1 spiro atoms. The summed E-state index contributed by atoms with van der Waals surface area (Å²) >= 11 is 6.38. The predicted molar refractivity (Wildman–Crippen MR) is 204 cm³/mol. The van der Waals surface area contributed by atoms with Gasteiger partial charge in [-0.25, -0.2) is 18.2 Å². The third-order valence-corrected chi connectivity index (χ3v) is 13.6. The van der Waals surface area contributed by atoms with Gasteiger partial charge in [-0.1, -0.05) is 50.4 Å². The van der Waals surface area contributed by atoms with Crippen LogP contribution in [0.15, 0.2) is 30.4 Å². The summed E-state index contributed by atoms with van der Waals surface area (Å²) in [5.41, 5.74) is -0.285. The number of hydrogen-bond acceptors (Lipinski definition) is 9. The molecule has 2 aromatic rings. The van der Waals surface area contributed by atoms with Gasteiger partial charge in [0.05, 0.1) is 29.1 Å². The number of aryl methyl sites for hydroxylation is 2. The second-order valence-electron chi connectivity index (χ2n) is 16.3. The zero-order valence-corrected chi connectivity index (χ0v) is 33.3. The molecule has 1 saturated carbocycles. The number of carbonyl (C=O) groups excluding carboxylic acids is 4. The van der Waals surface area contributed by atoms with Crippen LogP contribution < -0.4 is 20.1 Å². The van der Waals surface area contributed by atoms with Gasteiger partial charge in [-0.15, -0.1) is 0 Å². The summed E-state index contributed by atoms with van der Waals surface area (Å²) in [6.45, 7) is 8.97. The Morgan fingerprint density at radius 1 is 1.13 bits per heavy atom. The first kappa shape index (κ1) is 39.8. The minimum absolute atomic E-state index is 0.0266. The van der Waals surface area contributed by atoms with E-state index in [4.69, 9.17) is 26.1 Å². The van der Waals surface area contributed by atoms with Gasteiger partial charge in [0.15, 0.2) is 0 Å². The fraction of sp³-hybridized carbons (Fsp3) is 0.615. The molecule has 4 heterocycles. The van der Waals surface area contributed by atoms with Gasteiger partial charge in [0.2, 0.25) is 21.8 Å². The highest BCUT2D eigenvalue weighted by Gasteiger charge is 2.55. The van der Waals surface area contributed by atoms with Crippen molar-refractivity contribution >= 4 is 56.3 Å². The van der Waals surface area contributed by atoms with Gasteiger partial charge in [-0.3, -0.25) is 19.1 Å². The summed E-state index contributed by atoms with van der Waals surface area (Å²) in [7, 11) is -4.01. The highest BCUT2D eigenvalue weighted by Crippen LogP contribution is 2.45. The average molecular weight is 786 g/mol. The molecule has 54 heavy (non-hydrogen) atoms. The van der Waals surface area contributed by atoms with Gasteiger partial charge in [0.25, 0.3) is 5.91 Å². The number of ether oxygens (including phenoxy) is 2. The van der Waals surface area contributed by atoms with E-state index in [1.165, 1.54) is 11.8 Å². The second-order valence-corrected chi connectivity index (χ2v) is 19.0. The summed E-state index contributed by atoms with van der Waals surface area (Å²) in [5, 5.41) is 7.07. The molecule has 13 nitrogen and oxygen atoms in total. The quantitative estimate of drug-likeness (QED) is 0.325. The molecule has 4 amide bonds. The largest absolute Gasteiger partial charge is 0.483 e. The molecule has 1 aromatic carbocycles. The maximum atomic E-state index is 14.7. The predicted octanol–water partition coefficient (Wildman–Crippen LogP) is 5.40. The van der Waals surface area contributed by atoms with E-state index < -0.39 is 61.8 Å². The number of aromatic nitrogens is 1. The summed E-state index contributed by atoms with van der Waals surface area (Å²) in [4.78, 5) is 62.3. The summed E-state index contributed by atoms with van der Waals surface area (Å²) in [6.07, 6.45) is 8.17. The lowest BCUT2D eigenvalue weighted by Gasteiger charge is -2.36. The highest BCUT2D eigenvalue weighted by molar-refractivity contribution is 7.91. The Kier molecular flexibility index (Phi) is 11.3. The van der Waals surface area contributed by atoms with Crippen LogP contribution in [-0.4, -0.2) is 83.2 Å². The Labute approximate surface area is 322 Å². The standard InChI is InChI=1S/C39H52ClN5O8S/c1-24(2)22-52-36(49)42-30-12-10-8-6-7-9-11-16-38(5,35(48)44-54(50,51)37(4)18-19-37)43-33(46)31-21-39(23-45(31)34(30)47)17-15-27-28-20-26(40)13-14-29(28)41-25(3)32(27)53-39/h9,11,13-14,20,24,30-31H,6-8,10,12,15-19,21-23H2,1-5H3,(H,42,49)(H,43,46)(H,44,48)/b11-9-/t30-,31-,38+,39+/m0/s1. The fourth-order valence-electron chi connectivity index (χ4n) is 7.56. The molecule has 0 bridgehead atoms. The highest BCUT2D eigenvalue weighted by atomic mass is 35.5. The van der Waals surface area contributed by atoms with Crippen molar-refractivity contribution in [2.45, 2.75) is 133 Å². The first-order chi connectivity index (χ1) is 25.4. The Bertz CT molecular complexity index is 1970. The number of fused-ring (bicyclic) bond motifs is 4. The number of alkyl carbamates (subject to hydrolysis) is 1. The number of nitrogens with one attached hydrogen (secondary N) is 3. The summed E-state index contributed by atoms with van der Waals surface area (Å²) < 4.78 is 39.8. The molecule has 15 heteroatoms. The lowest BCUT2D eigenvalue weighted by Crippen LogP contribution is -2.62. The monoisotopic (exact) mass is 785 g/mol. The molecule has 3 N–H and O–H groups in total. The minimum atomic E-state index is -4.01. The van der Waals surface area contributed by atoms with Crippen LogP contribution in [0, 0.1) is 12.8 Å². The van der Waals surface area contributed by atoms with Gasteiger partial charge in [0.1, 0.15) is 29.0 Å². The molecule has 2 fully saturated rings. The van der Waals surface area contributed by atoms with Crippen LogP contribution in [0.2, 0.25) is 5.02 Å². The Hall–Kier alpha value is -3.91. The van der Waals surface area contributed by atoms with Crippen molar-refractivity contribution in [3.63, 3.8) is 0 Å². The van der Waals surface area contributed by atoms with Crippen molar-refractivity contribution in [1.82, 2.24) is 25.2 Å². The number of allylic oxidation sites excluding steroid dienone is 1. The van der Waals surface area contributed by atoms with Crippen molar-refractivity contribution < 1.29 is 37.1 Å². The molecule has 0 radical (unpaired) electrons. The number of hydrogen-bond donors (Lipinski definition) is 3. The lowest BCUT2D eigenvalue weighted by atomic mass is 9.87. The number of amides is 4. The first-order valence-corrected chi connectivity index (χ1v) is 20.9. The van der Waals surface area contributed by atoms with Crippen LogP contribution >= 0.6 is 11.6 Å². The second kappa shape index (κ2) is 15.3. The Morgan fingerprint density at radius 2 is 1.89 bits per heavy atom. The van der Waals surface area contributed by atoms with E-state index in [1.807, 2.05) is 39.0 Å². The normalized spacial score (nSPS) is 27.9. The molecule has 4 aliphatic rings. The number of nitrogens with zero attached hydrogens (tertiary/aromatic N) is 2.